The summed E-state index contributed by atoms with van der Waals surface area (Å²) in [5, 5.41) is 13.2. The molecule has 0 spiro atoms. The molecule has 2 fully saturated rings. The highest BCUT2D eigenvalue weighted by Crippen LogP contribution is 2.31. The van der Waals surface area contributed by atoms with Crippen LogP contribution in [0, 0.1) is 0 Å². The van der Waals surface area contributed by atoms with E-state index in [-0.39, 0.29) is 29.5 Å². The van der Waals surface area contributed by atoms with Crippen molar-refractivity contribution in [3.8, 4) is 0 Å². The van der Waals surface area contributed by atoms with Crippen molar-refractivity contribution in [1.82, 2.24) is 5.32 Å². The number of hydrogen-bond acceptors (Lipinski definition) is 5. The van der Waals surface area contributed by atoms with Crippen LogP contribution in [-0.2, 0) is 14.2 Å². The first-order chi connectivity index (χ1) is 9.56. The molecule has 2 N–H and O–H groups in total. The van der Waals surface area contributed by atoms with Crippen LogP contribution in [0.1, 0.15) is 51.9 Å². The van der Waals surface area contributed by atoms with Crippen molar-refractivity contribution in [3.05, 3.63) is 0 Å². The molecule has 0 bridgehead atoms. The molecule has 0 aromatic carbocycles. The summed E-state index contributed by atoms with van der Waals surface area (Å²) in [6.07, 6.45) is 5.13. The standard InChI is InChI=1S/C14H24BNO4/c1-10(17)8-12-6-5-11(15(19)20-12)9-14(18)13-4-2-3-7-16-13/h11-13,16,19H,2-9H2,1H3/t11-,12+,13?/m1/s1. The van der Waals surface area contributed by atoms with Crippen LogP contribution in [0.15, 0.2) is 0 Å². The lowest BCUT2D eigenvalue weighted by atomic mass is 9.64. The van der Waals surface area contributed by atoms with Gasteiger partial charge >= 0.3 is 7.12 Å². The number of rotatable bonds is 5. The van der Waals surface area contributed by atoms with E-state index in [4.69, 9.17) is 4.65 Å². The molecule has 0 saturated carbocycles. The van der Waals surface area contributed by atoms with E-state index >= 15 is 0 Å². The number of nitrogens with one attached hydrogen (secondary N) is 1. The van der Waals surface area contributed by atoms with Crippen LogP contribution in [0.2, 0.25) is 5.82 Å². The molecule has 2 aliphatic rings. The minimum Gasteiger partial charge on any atom is -0.427 e. The van der Waals surface area contributed by atoms with Crippen LogP contribution in [0.25, 0.3) is 0 Å². The Bertz CT molecular complexity index is 357. The maximum absolute atomic E-state index is 12.2. The molecular weight excluding hydrogens is 257 g/mol. The van der Waals surface area contributed by atoms with Crippen molar-refractivity contribution >= 4 is 18.7 Å². The SMILES string of the molecule is CC(=O)C[C@@H]1CC[C@H](CC(=O)C2CCCCN2)B(O)O1. The molecule has 0 radical (unpaired) electrons. The zero-order chi connectivity index (χ0) is 14.5. The third-order valence-electron chi connectivity index (χ3n) is 4.27. The smallest absolute Gasteiger partial charge is 0.427 e. The predicted molar refractivity (Wildman–Crippen MR) is 76.4 cm³/mol. The highest BCUT2D eigenvalue weighted by atomic mass is 16.5. The molecule has 112 valence electrons. The number of carbonyl (C=O) groups excluding carboxylic acids is 2. The van der Waals surface area contributed by atoms with Gasteiger partial charge in [-0.2, -0.15) is 0 Å². The second-order valence-corrected chi connectivity index (χ2v) is 6.07. The van der Waals surface area contributed by atoms with Gasteiger partial charge < -0.3 is 15.0 Å². The van der Waals surface area contributed by atoms with E-state index in [1.807, 2.05) is 0 Å². The topological polar surface area (TPSA) is 75.6 Å². The Kier molecular flexibility index (Phi) is 5.75. The Labute approximate surface area is 120 Å². The molecule has 2 rings (SSSR count). The third-order valence-corrected chi connectivity index (χ3v) is 4.27. The molecule has 2 saturated heterocycles. The maximum atomic E-state index is 12.2. The fourth-order valence-corrected chi connectivity index (χ4v) is 3.12. The normalized spacial score (nSPS) is 31.1. The van der Waals surface area contributed by atoms with Gasteiger partial charge in [-0.1, -0.05) is 6.42 Å². The Hall–Kier alpha value is -0.715. The van der Waals surface area contributed by atoms with E-state index in [1.54, 1.807) is 0 Å². The Morgan fingerprint density at radius 2 is 2.05 bits per heavy atom. The van der Waals surface area contributed by atoms with Crippen molar-refractivity contribution in [3.63, 3.8) is 0 Å². The molecule has 3 atom stereocenters. The summed E-state index contributed by atoms with van der Waals surface area (Å²) < 4.78 is 5.46. The second-order valence-electron chi connectivity index (χ2n) is 6.07. The van der Waals surface area contributed by atoms with E-state index in [2.05, 4.69) is 5.32 Å². The monoisotopic (exact) mass is 281 g/mol. The molecule has 0 aliphatic carbocycles. The molecule has 0 aromatic rings. The first-order valence-corrected chi connectivity index (χ1v) is 7.65. The summed E-state index contributed by atoms with van der Waals surface area (Å²) in [6, 6.07) is -0.0501. The van der Waals surface area contributed by atoms with Crippen LogP contribution in [0.3, 0.4) is 0 Å². The van der Waals surface area contributed by atoms with Gasteiger partial charge in [-0.3, -0.25) is 9.59 Å². The van der Waals surface area contributed by atoms with Crippen molar-refractivity contribution in [2.24, 2.45) is 0 Å². The lowest BCUT2D eigenvalue weighted by Crippen LogP contribution is -2.43. The lowest BCUT2D eigenvalue weighted by Gasteiger charge is -2.31. The molecule has 20 heavy (non-hydrogen) atoms. The Balaban J connectivity index is 1.79. The van der Waals surface area contributed by atoms with Crippen LogP contribution in [0.5, 0.6) is 0 Å². The fourth-order valence-electron chi connectivity index (χ4n) is 3.12. The summed E-state index contributed by atoms with van der Waals surface area (Å²) in [6.45, 7) is 2.43. The fraction of sp³-hybridized carbons (Fsp3) is 0.857. The van der Waals surface area contributed by atoms with E-state index in [9.17, 15) is 14.6 Å². The summed E-state index contributed by atoms with van der Waals surface area (Å²) in [4.78, 5) is 23.2. The van der Waals surface area contributed by atoms with Crippen LogP contribution >= 0.6 is 0 Å². The summed E-state index contributed by atoms with van der Waals surface area (Å²) >= 11 is 0. The van der Waals surface area contributed by atoms with Gasteiger partial charge in [-0.15, -0.1) is 0 Å². The van der Waals surface area contributed by atoms with Crippen LogP contribution in [-0.4, -0.2) is 42.4 Å². The van der Waals surface area contributed by atoms with Gasteiger partial charge in [0.1, 0.15) is 11.6 Å². The molecule has 6 heteroatoms. The van der Waals surface area contributed by atoms with Gasteiger partial charge in [0.2, 0.25) is 0 Å². The number of Topliss-reactive ketones (excluding diaryl/α,β-unsaturated/α-hetero) is 2. The van der Waals surface area contributed by atoms with E-state index < -0.39 is 7.12 Å². The van der Waals surface area contributed by atoms with E-state index in [0.29, 0.717) is 12.8 Å². The van der Waals surface area contributed by atoms with Gasteiger partial charge in [0.25, 0.3) is 0 Å². The Morgan fingerprint density at radius 1 is 1.25 bits per heavy atom. The predicted octanol–water partition coefficient (Wildman–Crippen LogP) is 1.10. The quantitative estimate of drug-likeness (QED) is 0.738. The number of ketones is 2. The lowest BCUT2D eigenvalue weighted by molar-refractivity contribution is -0.122. The van der Waals surface area contributed by atoms with Crippen molar-refractivity contribution in [2.45, 2.75) is 69.8 Å². The summed E-state index contributed by atoms with van der Waals surface area (Å²) in [5.74, 6) is 0.125. The zero-order valence-electron chi connectivity index (χ0n) is 12.1. The maximum Gasteiger partial charge on any atom is 0.458 e. The van der Waals surface area contributed by atoms with Crippen LogP contribution in [0.4, 0.5) is 0 Å². The largest absolute Gasteiger partial charge is 0.458 e. The second kappa shape index (κ2) is 7.34. The zero-order valence-corrected chi connectivity index (χ0v) is 12.1. The Morgan fingerprint density at radius 3 is 2.65 bits per heavy atom. The first-order valence-electron chi connectivity index (χ1n) is 7.65. The molecule has 1 unspecified atom stereocenters. The minimum atomic E-state index is -0.916. The van der Waals surface area contributed by atoms with Gasteiger partial charge in [0.15, 0.2) is 0 Å². The highest BCUT2D eigenvalue weighted by Gasteiger charge is 2.37. The van der Waals surface area contributed by atoms with E-state index in [1.165, 1.54) is 6.92 Å². The van der Waals surface area contributed by atoms with Gasteiger partial charge in [0, 0.05) is 24.8 Å². The minimum absolute atomic E-state index is 0.0501. The molecule has 0 aromatic heterocycles. The first kappa shape index (κ1) is 15.7. The summed E-state index contributed by atoms with van der Waals surface area (Å²) in [7, 11) is -0.916. The molecule has 2 aliphatic heterocycles. The third kappa shape index (κ3) is 4.40. The van der Waals surface area contributed by atoms with Gasteiger partial charge in [-0.05, 0) is 39.2 Å². The van der Waals surface area contributed by atoms with Crippen molar-refractivity contribution in [1.29, 1.82) is 0 Å². The molecule has 0 amide bonds. The number of piperidine rings is 1. The van der Waals surface area contributed by atoms with Gasteiger partial charge in [0.05, 0.1) is 6.04 Å². The van der Waals surface area contributed by atoms with Gasteiger partial charge in [-0.25, -0.2) is 0 Å². The van der Waals surface area contributed by atoms with Crippen molar-refractivity contribution in [2.75, 3.05) is 6.54 Å². The highest BCUT2D eigenvalue weighted by molar-refractivity contribution is 6.45. The van der Waals surface area contributed by atoms with Crippen molar-refractivity contribution < 1.29 is 19.3 Å². The molecular formula is C14H24BNO4. The average Bonchev–Trinajstić information content (AvgIpc) is 2.42. The number of carbonyl (C=O) groups is 2. The molecule has 2 heterocycles. The van der Waals surface area contributed by atoms with Crippen LogP contribution < -0.4 is 5.32 Å². The summed E-state index contributed by atoms with van der Waals surface area (Å²) in [5.41, 5.74) is 0. The average molecular weight is 281 g/mol. The number of hydrogen-bond donors (Lipinski definition) is 2. The molecule has 5 nitrogen and oxygen atoms in total. The van der Waals surface area contributed by atoms with E-state index in [0.717, 1.165) is 38.6 Å².